The Morgan fingerprint density at radius 2 is 1.67 bits per heavy atom. The summed E-state index contributed by atoms with van der Waals surface area (Å²) in [7, 11) is -3.77. The first-order valence-electron chi connectivity index (χ1n) is 8.10. The first-order valence-corrected chi connectivity index (χ1v) is 11.2. The smallest absolute Gasteiger partial charge is 0.271 e. The molecule has 0 aliphatic heterocycles. The van der Waals surface area contributed by atoms with Crippen molar-refractivity contribution in [2.24, 2.45) is 0 Å². The fourth-order valence-corrected chi connectivity index (χ4v) is 5.60. The predicted molar refractivity (Wildman–Crippen MR) is 112 cm³/mol. The summed E-state index contributed by atoms with van der Waals surface area (Å²) in [6.07, 6.45) is 0. The number of hydrogen-bond acceptors (Lipinski definition) is 4. The molecule has 140 valence electrons. The van der Waals surface area contributed by atoms with Gasteiger partial charge < -0.3 is 5.32 Å². The normalized spacial score (nSPS) is 12.4. The van der Waals surface area contributed by atoms with Crippen LogP contribution in [0.5, 0.6) is 0 Å². The van der Waals surface area contributed by atoms with E-state index >= 15 is 0 Å². The molecule has 1 aromatic heterocycles. The standard InChI is InChI=1S/C19H17BrN2O3S2/c1-13(14-7-3-2-4-8-14)21-19(23)15-9-5-6-10-16(15)22-27(24,25)18-12-11-17(20)26-18/h2-13,22H,1H3,(H,21,23). The molecule has 2 N–H and O–H groups in total. The zero-order chi connectivity index (χ0) is 19.4. The largest absolute Gasteiger partial charge is 0.345 e. The molecule has 1 amide bonds. The van der Waals surface area contributed by atoms with Gasteiger partial charge in [-0.3, -0.25) is 9.52 Å². The number of rotatable bonds is 6. The van der Waals surface area contributed by atoms with Crippen LogP contribution in [-0.4, -0.2) is 14.3 Å². The molecule has 3 rings (SSSR count). The molecular weight excluding hydrogens is 448 g/mol. The summed E-state index contributed by atoms with van der Waals surface area (Å²) in [6.45, 7) is 1.88. The average Bonchev–Trinajstić information content (AvgIpc) is 3.10. The zero-order valence-corrected chi connectivity index (χ0v) is 17.6. The Morgan fingerprint density at radius 3 is 2.33 bits per heavy atom. The van der Waals surface area contributed by atoms with Crippen LogP contribution < -0.4 is 10.0 Å². The highest BCUT2D eigenvalue weighted by Gasteiger charge is 2.21. The van der Waals surface area contributed by atoms with Gasteiger partial charge >= 0.3 is 0 Å². The van der Waals surface area contributed by atoms with E-state index in [0.29, 0.717) is 3.79 Å². The minimum Gasteiger partial charge on any atom is -0.345 e. The molecule has 0 fully saturated rings. The number of anilines is 1. The van der Waals surface area contributed by atoms with Crippen LogP contribution in [0.15, 0.2) is 74.7 Å². The number of para-hydroxylation sites is 1. The molecule has 3 aromatic rings. The molecule has 0 saturated carbocycles. The number of carbonyl (C=O) groups is 1. The Kier molecular flexibility index (Phi) is 5.98. The van der Waals surface area contributed by atoms with Gasteiger partial charge in [-0.1, -0.05) is 42.5 Å². The zero-order valence-electron chi connectivity index (χ0n) is 14.3. The maximum Gasteiger partial charge on any atom is 0.271 e. The Labute approximate surface area is 170 Å². The molecule has 1 atom stereocenters. The van der Waals surface area contributed by atoms with Crippen molar-refractivity contribution >= 4 is 48.9 Å². The van der Waals surface area contributed by atoms with Crippen molar-refractivity contribution in [1.29, 1.82) is 0 Å². The first kappa shape index (κ1) is 19.6. The van der Waals surface area contributed by atoms with Gasteiger partial charge in [0.25, 0.3) is 15.9 Å². The maximum absolute atomic E-state index is 12.7. The molecule has 1 unspecified atom stereocenters. The third-order valence-corrected chi connectivity index (χ3v) is 7.36. The highest BCUT2D eigenvalue weighted by molar-refractivity contribution is 9.11. The third-order valence-electron chi connectivity index (χ3n) is 3.88. The minimum atomic E-state index is -3.77. The molecule has 2 aromatic carbocycles. The second kappa shape index (κ2) is 8.24. The van der Waals surface area contributed by atoms with Gasteiger partial charge in [-0.2, -0.15) is 0 Å². The number of benzene rings is 2. The molecule has 0 aliphatic carbocycles. The lowest BCUT2D eigenvalue weighted by Gasteiger charge is -2.16. The van der Waals surface area contributed by atoms with E-state index in [-0.39, 0.29) is 27.4 Å². The van der Waals surface area contributed by atoms with Crippen molar-refractivity contribution in [3.8, 4) is 0 Å². The van der Waals surface area contributed by atoms with Crippen LogP contribution in [0.25, 0.3) is 0 Å². The average molecular weight is 465 g/mol. The second-order valence-electron chi connectivity index (χ2n) is 5.82. The van der Waals surface area contributed by atoms with Gasteiger partial charge in [-0.05, 0) is 52.7 Å². The topological polar surface area (TPSA) is 75.3 Å². The molecule has 0 bridgehead atoms. The third kappa shape index (κ3) is 4.77. The minimum absolute atomic E-state index is 0.169. The molecule has 27 heavy (non-hydrogen) atoms. The number of carbonyl (C=O) groups excluding carboxylic acids is 1. The van der Waals surface area contributed by atoms with Gasteiger partial charge in [0.2, 0.25) is 0 Å². The van der Waals surface area contributed by atoms with Crippen LogP contribution in [0.1, 0.15) is 28.9 Å². The van der Waals surface area contributed by atoms with E-state index in [1.165, 1.54) is 6.07 Å². The van der Waals surface area contributed by atoms with Crippen LogP contribution in [0.2, 0.25) is 0 Å². The summed E-state index contributed by atoms with van der Waals surface area (Å²) in [4.78, 5) is 12.7. The van der Waals surface area contributed by atoms with Crippen molar-refractivity contribution in [2.75, 3.05) is 4.72 Å². The summed E-state index contributed by atoms with van der Waals surface area (Å²) in [5.41, 5.74) is 1.46. The van der Waals surface area contributed by atoms with Gasteiger partial charge in [-0.25, -0.2) is 8.42 Å². The number of hydrogen-bond donors (Lipinski definition) is 2. The SMILES string of the molecule is CC(NC(=O)c1ccccc1NS(=O)(=O)c1ccc(Br)s1)c1ccccc1. The van der Waals surface area contributed by atoms with Crippen molar-refractivity contribution < 1.29 is 13.2 Å². The van der Waals surface area contributed by atoms with Crippen LogP contribution in [-0.2, 0) is 10.0 Å². The lowest BCUT2D eigenvalue weighted by Crippen LogP contribution is -2.27. The highest BCUT2D eigenvalue weighted by Crippen LogP contribution is 2.28. The second-order valence-corrected chi connectivity index (χ2v) is 10.2. The van der Waals surface area contributed by atoms with E-state index in [2.05, 4.69) is 26.0 Å². The molecule has 1 heterocycles. The Morgan fingerprint density at radius 1 is 1.00 bits per heavy atom. The van der Waals surface area contributed by atoms with Gasteiger partial charge in [0, 0.05) is 0 Å². The van der Waals surface area contributed by atoms with Crippen LogP contribution in [0, 0.1) is 0 Å². The monoisotopic (exact) mass is 464 g/mol. The Bertz CT molecular complexity index is 1050. The molecule has 0 aliphatic rings. The predicted octanol–water partition coefficient (Wildman–Crippen LogP) is 4.80. The van der Waals surface area contributed by atoms with E-state index in [9.17, 15) is 13.2 Å². The highest BCUT2D eigenvalue weighted by atomic mass is 79.9. The molecular formula is C19H17BrN2O3S2. The molecule has 0 saturated heterocycles. The summed E-state index contributed by atoms with van der Waals surface area (Å²) in [5.74, 6) is -0.350. The lowest BCUT2D eigenvalue weighted by atomic mass is 10.1. The number of nitrogens with one attached hydrogen (secondary N) is 2. The van der Waals surface area contributed by atoms with E-state index in [1.54, 1.807) is 30.3 Å². The molecule has 0 spiro atoms. The fourth-order valence-electron chi connectivity index (χ4n) is 2.51. The molecule has 5 nitrogen and oxygen atoms in total. The Hall–Kier alpha value is -2.16. The van der Waals surface area contributed by atoms with Crippen LogP contribution >= 0.6 is 27.3 Å². The van der Waals surface area contributed by atoms with E-state index in [0.717, 1.165) is 16.9 Å². The number of halogens is 1. The maximum atomic E-state index is 12.7. The van der Waals surface area contributed by atoms with Crippen molar-refractivity contribution in [3.05, 3.63) is 81.6 Å². The number of thiophene rings is 1. The van der Waals surface area contributed by atoms with Crippen molar-refractivity contribution in [1.82, 2.24) is 5.32 Å². The van der Waals surface area contributed by atoms with Gasteiger partial charge in [0.1, 0.15) is 4.21 Å². The lowest BCUT2D eigenvalue weighted by molar-refractivity contribution is 0.0941. The van der Waals surface area contributed by atoms with E-state index in [4.69, 9.17) is 0 Å². The first-order chi connectivity index (χ1) is 12.9. The van der Waals surface area contributed by atoms with Crippen LogP contribution in [0.4, 0.5) is 5.69 Å². The Balaban J connectivity index is 1.82. The van der Waals surface area contributed by atoms with Crippen LogP contribution in [0.3, 0.4) is 0 Å². The quantitative estimate of drug-likeness (QED) is 0.549. The summed E-state index contributed by atoms with van der Waals surface area (Å²) in [5, 5.41) is 2.90. The molecule has 0 radical (unpaired) electrons. The van der Waals surface area contributed by atoms with Gasteiger partial charge in [0.05, 0.1) is 21.1 Å². The number of sulfonamides is 1. The van der Waals surface area contributed by atoms with Crippen molar-refractivity contribution in [2.45, 2.75) is 17.2 Å². The van der Waals surface area contributed by atoms with Crippen molar-refractivity contribution in [3.63, 3.8) is 0 Å². The summed E-state index contributed by atoms with van der Waals surface area (Å²) < 4.78 is 28.6. The van der Waals surface area contributed by atoms with Gasteiger partial charge in [-0.15, -0.1) is 11.3 Å². The molecule has 8 heteroatoms. The van der Waals surface area contributed by atoms with E-state index < -0.39 is 10.0 Å². The summed E-state index contributed by atoms with van der Waals surface area (Å²) in [6, 6.07) is 19.1. The van der Waals surface area contributed by atoms with E-state index in [1.807, 2.05) is 37.3 Å². The number of amides is 1. The summed E-state index contributed by atoms with van der Waals surface area (Å²) >= 11 is 4.36. The van der Waals surface area contributed by atoms with Gasteiger partial charge in [0.15, 0.2) is 0 Å². The fraction of sp³-hybridized carbons (Fsp3) is 0.105.